The van der Waals surface area contributed by atoms with E-state index in [0.717, 1.165) is 28.9 Å². The molecule has 1 fully saturated rings. The van der Waals surface area contributed by atoms with Crippen LogP contribution in [-0.4, -0.2) is 24.9 Å². The van der Waals surface area contributed by atoms with Crippen molar-refractivity contribution in [2.45, 2.75) is 12.8 Å². The van der Waals surface area contributed by atoms with Gasteiger partial charge in [-0.1, -0.05) is 24.8 Å². The molecule has 0 aliphatic carbocycles. The summed E-state index contributed by atoms with van der Waals surface area (Å²) in [6.07, 6.45) is 2.89. The van der Waals surface area contributed by atoms with Crippen LogP contribution in [0.15, 0.2) is 49.0 Å². The number of benzene rings is 2. The highest BCUT2D eigenvalue weighted by Crippen LogP contribution is 2.33. The Bertz CT molecular complexity index is 906. The predicted octanol–water partition coefficient (Wildman–Crippen LogP) is 2.85. The van der Waals surface area contributed by atoms with E-state index in [1.54, 1.807) is 17.0 Å². The molecule has 2 aliphatic heterocycles. The minimum atomic E-state index is -0.325. The Labute approximate surface area is 152 Å². The van der Waals surface area contributed by atoms with Crippen molar-refractivity contribution in [3.63, 3.8) is 0 Å². The lowest BCUT2D eigenvalue weighted by molar-refractivity contribution is -0.124. The molecule has 1 saturated heterocycles. The molecule has 1 atom stereocenters. The van der Waals surface area contributed by atoms with E-state index in [4.69, 9.17) is 5.73 Å². The Hall–Kier alpha value is -3.08. The van der Waals surface area contributed by atoms with Crippen LogP contribution in [0.4, 0.5) is 17.1 Å². The molecule has 2 aliphatic rings. The highest BCUT2D eigenvalue weighted by Gasteiger charge is 2.39. The van der Waals surface area contributed by atoms with Crippen LogP contribution in [0.5, 0.6) is 0 Å². The maximum Gasteiger partial charge on any atom is 0.232 e. The molecule has 0 spiro atoms. The number of carbonyl (C=O) groups excluding carboxylic acids is 2. The van der Waals surface area contributed by atoms with Gasteiger partial charge in [0.2, 0.25) is 11.8 Å². The van der Waals surface area contributed by atoms with Gasteiger partial charge in [-0.15, -0.1) is 0 Å². The first-order valence-electron chi connectivity index (χ1n) is 8.79. The number of amides is 2. The summed E-state index contributed by atoms with van der Waals surface area (Å²) in [5, 5.41) is 0. The highest BCUT2D eigenvalue weighted by molar-refractivity contribution is 6.05. The molecule has 2 heterocycles. The van der Waals surface area contributed by atoms with Crippen LogP contribution >= 0.6 is 0 Å². The number of fused-ring (bicyclic) bond motifs is 1. The molecule has 4 rings (SSSR count). The molecule has 1 unspecified atom stereocenters. The Morgan fingerprint density at radius 3 is 2.85 bits per heavy atom. The summed E-state index contributed by atoms with van der Waals surface area (Å²) in [5.74, 6) is -0.334. The van der Waals surface area contributed by atoms with Gasteiger partial charge in [-0.25, -0.2) is 0 Å². The van der Waals surface area contributed by atoms with Crippen molar-refractivity contribution in [2.24, 2.45) is 5.92 Å². The van der Waals surface area contributed by atoms with Gasteiger partial charge in [0.25, 0.3) is 0 Å². The van der Waals surface area contributed by atoms with Crippen LogP contribution in [0.2, 0.25) is 0 Å². The van der Waals surface area contributed by atoms with Crippen molar-refractivity contribution in [3.05, 3.63) is 60.2 Å². The SMILES string of the molecule is C=Cc1ccc2c(c1)CCN2C(=O)C1CC(=O)N(c2cccc(N)c2)C1. The summed E-state index contributed by atoms with van der Waals surface area (Å²) in [6, 6.07) is 13.2. The fourth-order valence-electron chi connectivity index (χ4n) is 3.81. The average molecular weight is 347 g/mol. The molecule has 0 saturated carbocycles. The second-order valence-electron chi connectivity index (χ2n) is 6.83. The smallest absolute Gasteiger partial charge is 0.232 e. The van der Waals surface area contributed by atoms with Crippen LogP contribution in [0, 0.1) is 5.92 Å². The van der Waals surface area contributed by atoms with E-state index in [1.165, 1.54) is 0 Å². The Balaban J connectivity index is 1.54. The van der Waals surface area contributed by atoms with Crippen molar-refractivity contribution >= 4 is 35.0 Å². The molecule has 2 aromatic carbocycles. The molecule has 26 heavy (non-hydrogen) atoms. The minimum Gasteiger partial charge on any atom is -0.399 e. The van der Waals surface area contributed by atoms with Crippen molar-refractivity contribution in [1.82, 2.24) is 0 Å². The number of hydrogen-bond acceptors (Lipinski definition) is 3. The lowest BCUT2D eigenvalue weighted by Crippen LogP contribution is -2.36. The molecular weight excluding hydrogens is 326 g/mol. The third kappa shape index (κ3) is 2.75. The summed E-state index contributed by atoms with van der Waals surface area (Å²) < 4.78 is 0. The van der Waals surface area contributed by atoms with Gasteiger partial charge in [-0.2, -0.15) is 0 Å². The van der Waals surface area contributed by atoms with Gasteiger partial charge >= 0.3 is 0 Å². The van der Waals surface area contributed by atoms with Gasteiger partial charge in [-0.3, -0.25) is 9.59 Å². The second kappa shape index (κ2) is 6.33. The average Bonchev–Trinajstić information content (AvgIpc) is 3.24. The molecule has 5 heteroatoms. The highest BCUT2D eigenvalue weighted by atomic mass is 16.2. The van der Waals surface area contributed by atoms with Crippen molar-refractivity contribution in [3.8, 4) is 0 Å². The van der Waals surface area contributed by atoms with Crippen LogP contribution in [-0.2, 0) is 16.0 Å². The van der Waals surface area contributed by atoms with E-state index in [2.05, 4.69) is 12.6 Å². The van der Waals surface area contributed by atoms with Gasteiger partial charge in [0.1, 0.15) is 0 Å². The van der Waals surface area contributed by atoms with Crippen LogP contribution in [0.25, 0.3) is 6.08 Å². The second-order valence-corrected chi connectivity index (χ2v) is 6.83. The third-order valence-electron chi connectivity index (χ3n) is 5.16. The minimum absolute atomic E-state index is 0.0230. The van der Waals surface area contributed by atoms with Crippen LogP contribution in [0.1, 0.15) is 17.5 Å². The number of nitrogens with zero attached hydrogens (tertiary/aromatic N) is 2. The van der Waals surface area contributed by atoms with Gasteiger partial charge in [0.15, 0.2) is 0 Å². The first-order valence-corrected chi connectivity index (χ1v) is 8.79. The number of nitrogens with two attached hydrogens (primary N) is 1. The van der Waals surface area contributed by atoms with E-state index >= 15 is 0 Å². The topological polar surface area (TPSA) is 66.6 Å². The maximum absolute atomic E-state index is 13.1. The largest absolute Gasteiger partial charge is 0.399 e. The van der Waals surface area contributed by atoms with Gasteiger partial charge in [-0.05, 0) is 47.9 Å². The molecular formula is C21H21N3O2. The zero-order chi connectivity index (χ0) is 18.3. The summed E-state index contributed by atoms with van der Waals surface area (Å²) in [4.78, 5) is 29.0. The zero-order valence-corrected chi connectivity index (χ0v) is 14.5. The molecule has 0 aromatic heterocycles. The number of rotatable bonds is 3. The number of hydrogen-bond donors (Lipinski definition) is 1. The molecule has 2 N–H and O–H groups in total. The Morgan fingerprint density at radius 1 is 1.23 bits per heavy atom. The van der Waals surface area contributed by atoms with Gasteiger partial charge in [0.05, 0.1) is 5.92 Å². The van der Waals surface area contributed by atoms with E-state index in [1.807, 2.05) is 35.2 Å². The van der Waals surface area contributed by atoms with E-state index < -0.39 is 0 Å². The van der Waals surface area contributed by atoms with E-state index in [0.29, 0.717) is 18.8 Å². The summed E-state index contributed by atoms with van der Waals surface area (Å²) in [6.45, 7) is 4.86. The first kappa shape index (κ1) is 16.4. The lowest BCUT2D eigenvalue weighted by atomic mass is 10.1. The zero-order valence-electron chi connectivity index (χ0n) is 14.5. The van der Waals surface area contributed by atoms with E-state index in [-0.39, 0.29) is 24.2 Å². The number of anilines is 3. The van der Waals surface area contributed by atoms with Gasteiger partial charge < -0.3 is 15.5 Å². The molecule has 0 radical (unpaired) electrons. The van der Waals surface area contributed by atoms with Crippen molar-refractivity contribution in [2.75, 3.05) is 28.6 Å². The van der Waals surface area contributed by atoms with Crippen LogP contribution in [0.3, 0.4) is 0 Å². The van der Waals surface area contributed by atoms with Crippen molar-refractivity contribution < 1.29 is 9.59 Å². The standard InChI is InChI=1S/C21H21N3O2/c1-2-14-6-7-19-15(10-14)8-9-23(19)21(26)16-11-20(25)24(13-16)18-5-3-4-17(22)12-18/h2-7,10,12,16H,1,8-9,11,13,22H2. The Morgan fingerprint density at radius 2 is 2.08 bits per heavy atom. The molecule has 2 aromatic rings. The molecule has 2 amide bonds. The molecule has 132 valence electrons. The fourth-order valence-corrected chi connectivity index (χ4v) is 3.81. The quantitative estimate of drug-likeness (QED) is 0.868. The predicted molar refractivity (Wildman–Crippen MR) is 104 cm³/mol. The maximum atomic E-state index is 13.1. The first-order chi connectivity index (χ1) is 12.6. The lowest BCUT2D eigenvalue weighted by Gasteiger charge is -2.22. The van der Waals surface area contributed by atoms with Crippen LogP contribution < -0.4 is 15.5 Å². The Kier molecular flexibility index (Phi) is 3.99. The van der Waals surface area contributed by atoms with E-state index in [9.17, 15) is 9.59 Å². The monoisotopic (exact) mass is 347 g/mol. The summed E-state index contributed by atoms with van der Waals surface area (Å²) in [7, 11) is 0. The molecule has 5 nitrogen and oxygen atoms in total. The third-order valence-corrected chi connectivity index (χ3v) is 5.16. The van der Waals surface area contributed by atoms with Crippen molar-refractivity contribution in [1.29, 1.82) is 0 Å². The normalized spacial score (nSPS) is 18.9. The summed E-state index contributed by atoms with van der Waals surface area (Å²) >= 11 is 0. The number of nitrogen functional groups attached to an aromatic ring is 1. The van der Waals surface area contributed by atoms with Gasteiger partial charge in [0, 0.05) is 36.6 Å². The summed E-state index contributed by atoms with van der Waals surface area (Å²) in [5.41, 5.74) is 10.4. The fraction of sp³-hybridized carbons (Fsp3) is 0.238. The number of carbonyl (C=O) groups is 2. The molecule has 0 bridgehead atoms.